The van der Waals surface area contributed by atoms with Crippen LogP contribution in [0.1, 0.15) is 37.1 Å². The molecule has 0 aliphatic heterocycles. The van der Waals surface area contributed by atoms with E-state index in [1.807, 2.05) is 96.5 Å². The van der Waals surface area contributed by atoms with Crippen LogP contribution < -0.4 is 9.47 Å². The van der Waals surface area contributed by atoms with Crippen molar-refractivity contribution in [2.24, 2.45) is 0 Å². The molecule has 7 nitrogen and oxygen atoms in total. The van der Waals surface area contributed by atoms with Crippen LogP contribution in [0.25, 0.3) is 5.69 Å². The zero-order chi connectivity index (χ0) is 27.6. The maximum atomic E-state index is 10.9. The molecule has 0 aliphatic carbocycles. The van der Waals surface area contributed by atoms with E-state index in [2.05, 4.69) is 18.7 Å². The fraction of sp³-hybridized carbons (Fsp3) is 0.344. The highest BCUT2D eigenvalue weighted by Crippen LogP contribution is 2.36. The smallest absolute Gasteiger partial charge is 0.227 e. The Kier molecular flexibility index (Phi) is 10.1. The summed E-state index contributed by atoms with van der Waals surface area (Å²) < 4.78 is 19.8. The summed E-state index contributed by atoms with van der Waals surface area (Å²) >= 11 is 0. The number of para-hydroxylation sites is 3. The Hall–Kier alpha value is -3.65. The molecule has 0 radical (unpaired) electrons. The van der Waals surface area contributed by atoms with Crippen molar-refractivity contribution in [3.8, 4) is 23.1 Å². The summed E-state index contributed by atoms with van der Waals surface area (Å²) in [6, 6.07) is 27.8. The van der Waals surface area contributed by atoms with Crippen molar-refractivity contribution in [1.82, 2.24) is 14.7 Å². The number of ether oxygens (including phenoxy) is 3. The van der Waals surface area contributed by atoms with E-state index in [0.717, 1.165) is 28.9 Å². The van der Waals surface area contributed by atoms with Crippen LogP contribution in [-0.4, -0.2) is 52.2 Å². The van der Waals surface area contributed by atoms with Gasteiger partial charge in [0.2, 0.25) is 5.88 Å². The van der Waals surface area contributed by atoms with E-state index in [1.54, 1.807) is 7.11 Å². The lowest BCUT2D eigenvalue weighted by molar-refractivity contribution is 0.00130. The predicted octanol–water partition coefficient (Wildman–Crippen LogP) is 6.16. The van der Waals surface area contributed by atoms with Crippen LogP contribution in [0, 0.1) is 6.92 Å². The zero-order valence-corrected chi connectivity index (χ0v) is 23.3. The molecule has 4 rings (SSSR count). The highest BCUT2D eigenvalue weighted by atomic mass is 16.5. The Morgan fingerprint density at radius 1 is 0.923 bits per heavy atom. The van der Waals surface area contributed by atoms with Crippen molar-refractivity contribution in [1.29, 1.82) is 0 Å². The number of hydrogen-bond acceptors (Lipinski definition) is 6. The van der Waals surface area contributed by atoms with Crippen molar-refractivity contribution in [2.45, 2.75) is 52.5 Å². The van der Waals surface area contributed by atoms with Crippen molar-refractivity contribution in [3.63, 3.8) is 0 Å². The maximum Gasteiger partial charge on any atom is 0.227 e. The van der Waals surface area contributed by atoms with Crippen LogP contribution in [0.4, 0.5) is 0 Å². The minimum Gasteiger partial charge on any atom is -0.493 e. The summed E-state index contributed by atoms with van der Waals surface area (Å²) in [4.78, 5) is 2.27. The van der Waals surface area contributed by atoms with Gasteiger partial charge < -0.3 is 19.3 Å². The van der Waals surface area contributed by atoms with Crippen molar-refractivity contribution in [2.75, 3.05) is 20.3 Å². The molecule has 1 heterocycles. The third-order valence-electron chi connectivity index (χ3n) is 6.86. The summed E-state index contributed by atoms with van der Waals surface area (Å²) in [6.07, 6.45) is 0.303. The molecular weight excluding hydrogens is 490 g/mol. The monoisotopic (exact) mass is 529 g/mol. The van der Waals surface area contributed by atoms with Gasteiger partial charge in [-0.15, -0.1) is 0 Å². The lowest BCUT2D eigenvalue weighted by atomic mass is 10.1. The van der Waals surface area contributed by atoms with Gasteiger partial charge in [0.1, 0.15) is 0 Å². The SMILES string of the molecule is CC[C@@H](C)N(Cc1c(C)nn(-c2ccccc2)c1Oc1ccccc1OC)C[C@@H](O)COCc1ccccc1. The molecular formula is C32H39N3O4. The number of aliphatic hydroxyl groups is 1. The molecule has 0 amide bonds. The molecule has 0 saturated heterocycles. The molecule has 3 aromatic carbocycles. The van der Waals surface area contributed by atoms with E-state index in [0.29, 0.717) is 37.1 Å². The lowest BCUT2D eigenvalue weighted by Crippen LogP contribution is -2.40. The molecule has 0 bridgehead atoms. The van der Waals surface area contributed by atoms with Crippen LogP contribution >= 0.6 is 0 Å². The second-order valence-electron chi connectivity index (χ2n) is 9.71. The van der Waals surface area contributed by atoms with Gasteiger partial charge in [-0.1, -0.05) is 67.6 Å². The number of nitrogens with zero attached hydrogens (tertiary/aromatic N) is 3. The summed E-state index contributed by atoms with van der Waals surface area (Å²) in [5.74, 6) is 1.89. The molecule has 39 heavy (non-hydrogen) atoms. The first-order valence-corrected chi connectivity index (χ1v) is 13.5. The number of hydrogen-bond donors (Lipinski definition) is 1. The second-order valence-corrected chi connectivity index (χ2v) is 9.71. The van der Waals surface area contributed by atoms with Crippen LogP contribution in [0.5, 0.6) is 17.4 Å². The van der Waals surface area contributed by atoms with Crippen LogP contribution in [0.2, 0.25) is 0 Å². The molecule has 0 saturated carbocycles. The van der Waals surface area contributed by atoms with Crippen LogP contribution in [-0.2, 0) is 17.9 Å². The number of aromatic nitrogens is 2. The standard InChI is InChI=1S/C32H39N3O4/c1-5-24(2)34(20-28(36)23-38-22-26-14-8-6-9-15-26)21-29-25(3)33-35(27-16-10-7-11-17-27)32(29)39-31-19-13-12-18-30(31)37-4/h6-19,24,28,36H,5,20-23H2,1-4H3/t24-,28-/m1/s1. The van der Waals surface area contributed by atoms with E-state index in [1.165, 1.54) is 0 Å². The van der Waals surface area contributed by atoms with Crippen molar-refractivity contribution < 1.29 is 19.3 Å². The number of aliphatic hydroxyl groups excluding tert-OH is 1. The molecule has 0 spiro atoms. The van der Waals surface area contributed by atoms with Gasteiger partial charge in [0.05, 0.1) is 43.4 Å². The fourth-order valence-corrected chi connectivity index (χ4v) is 4.45. The average molecular weight is 530 g/mol. The van der Waals surface area contributed by atoms with E-state index in [9.17, 15) is 5.11 Å². The zero-order valence-electron chi connectivity index (χ0n) is 23.3. The number of benzene rings is 3. The Morgan fingerprint density at radius 3 is 2.23 bits per heavy atom. The first-order chi connectivity index (χ1) is 19.0. The first-order valence-electron chi connectivity index (χ1n) is 13.5. The summed E-state index contributed by atoms with van der Waals surface area (Å²) in [5, 5.41) is 15.8. The van der Waals surface area contributed by atoms with Crippen molar-refractivity contribution >= 4 is 0 Å². The van der Waals surface area contributed by atoms with E-state index >= 15 is 0 Å². The van der Waals surface area contributed by atoms with Crippen LogP contribution in [0.15, 0.2) is 84.9 Å². The highest BCUT2D eigenvalue weighted by molar-refractivity contribution is 5.47. The molecule has 2 atom stereocenters. The largest absolute Gasteiger partial charge is 0.493 e. The third kappa shape index (κ3) is 7.47. The van der Waals surface area contributed by atoms with Gasteiger partial charge in [-0.2, -0.15) is 5.10 Å². The Bertz CT molecular complexity index is 1290. The van der Waals surface area contributed by atoms with Gasteiger partial charge in [-0.05, 0) is 50.1 Å². The fourth-order valence-electron chi connectivity index (χ4n) is 4.45. The van der Waals surface area contributed by atoms with E-state index < -0.39 is 6.10 Å². The third-order valence-corrected chi connectivity index (χ3v) is 6.86. The minimum absolute atomic E-state index is 0.229. The lowest BCUT2D eigenvalue weighted by Gasteiger charge is -2.30. The predicted molar refractivity (Wildman–Crippen MR) is 154 cm³/mol. The number of methoxy groups -OCH3 is 1. The van der Waals surface area contributed by atoms with Crippen molar-refractivity contribution in [3.05, 3.63) is 102 Å². The summed E-state index contributed by atoms with van der Waals surface area (Å²) in [5.41, 5.74) is 3.82. The molecule has 7 heteroatoms. The van der Waals surface area contributed by atoms with Crippen LogP contribution in [0.3, 0.4) is 0 Å². The van der Waals surface area contributed by atoms with E-state index in [4.69, 9.17) is 19.3 Å². The number of aryl methyl sites for hydroxylation is 1. The molecule has 0 unspecified atom stereocenters. The van der Waals surface area contributed by atoms with E-state index in [-0.39, 0.29) is 12.6 Å². The van der Waals surface area contributed by atoms with Gasteiger partial charge >= 0.3 is 0 Å². The maximum absolute atomic E-state index is 10.9. The Balaban J connectivity index is 1.58. The minimum atomic E-state index is -0.634. The average Bonchev–Trinajstić information content (AvgIpc) is 3.27. The molecule has 1 N–H and O–H groups in total. The molecule has 4 aromatic rings. The van der Waals surface area contributed by atoms with Gasteiger partial charge in [0.15, 0.2) is 11.5 Å². The van der Waals surface area contributed by atoms with Gasteiger partial charge in [-0.3, -0.25) is 4.90 Å². The summed E-state index contributed by atoms with van der Waals surface area (Å²) in [6.45, 7) is 8.09. The molecule has 1 aromatic heterocycles. The second kappa shape index (κ2) is 13.9. The normalized spacial score (nSPS) is 12.9. The van der Waals surface area contributed by atoms with Gasteiger partial charge in [-0.25, -0.2) is 4.68 Å². The topological polar surface area (TPSA) is 69.0 Å². The summed E-state index contributed by atoms with van der Waals surface area (Å²) in [7, 11) is 1.63. The number of rotatable bonds is 14. The quantitative estimate of drug-likeness (QED) is 0.211. The first kappa shape index (κ1) is 28.4. The van der Waals surface area contributed by atoms with Gasteiger partial charge in [0, 0.05) is 19.1 Å². The molecule has 0 aliphatic rings. The Morgan fingerprint density at radius 2 is 1.56 bits per heavy atom. The molecule has 206 valence electrons. The Labute approximate surface area is 231 Å². The van der Waals surface area contributed by atoms with Gasteiger partial charge in [0.25, 0.3) is 0 Å². The molecule has 0 fully saturated rings. The highest BCUT2D eigenvalue weighted by Gasteiger charge is 2.25.